The molecule has 0 aliphatic carbocycles. The van der Waals surface area contributed by atoms with Gasteiger partial charge in [0.25, 0.3) is 0 Å². The molecule has 23 heteroatoms. The van der Waals surface area contributed by atoms with Crippen molar-refractivity contribution >= 4 is 69.6 Å². The molecule has 0 saturated heterocycles. The van der Waals surface area contributed by atoms with Crippen LogP contribution in [0.3, 0.4) is 0 Å². The Balaban J connectivity index is 0.000000678. The molecule has 0 aromatic heterocycles. The Kier molecular flexibility index (Phi) is 57.1. The normalized spacial score (nSPS) is 9.67. The summed E-state index contributed by atoms with van der Waals surface area (Å²) in [7, 11) is 3.33. The largest absolute Gasteiger partial charge is 0.497 e. The maximum atomic E-state index is 12.8. The molecule has 670 valence electrons. The zero-order valence-corrected chi connectivity index (χ0v) is 78.0. The summed E-state index contributed by atoms with van der Waals surface area (Å²) in [6.45, 7) is 29.2. The molecule has 0 saturated carbocycles. The van der Waals surface area contributed by atoms with Crippen molar-refractivity contribution in [3.05, 3.63) is 437 Å². The van der Waals surface area contributed by atoms with Crippen molar-refractivity contribution in [1.82, 2.24) is 0 Å². The fourth-order valence-electron chi connectivity index (χ4n) is 10.5. The quantitative estimate of drug-likeness (QED) is 0.0427. The van der Waals surface area contributed by atoms with E-state index in [1.54, 1.807) is 88.7 Å². The van der Waals surface area contributed by atoms with Crippen molar-refractivity contribution in [2.24, 2.45) is 51.6 Å². The summed E-state index contributed by atoms with van der Waals surface area (Å²) in [5.74, 6) is 0.238. The molecule has 0 spiro atoms. The Bertz CT molecular complexity index is 5140. The van der Waals surface area contributed by atoms with E-state index in [4.69, 9.17) is 125 Å². The minimum atomic E-state index is -0.417. The molecule has 0 heterocycles. The average Bonchev–Trinajstić information content (AvgIpc) is 0.868. The van der Waals surface area contributed by atoms with E-state index in [-0.39, 0.29) is 40.7 Å². The molecule has 0 radical (unpaired) electrons. The van der Waals surface area contributed by atoms with E-state index in [2.05, 4.69) is 39.0 Å². The van der Waals surface area contributed by atoms with Crippen LogP contribution in [0.25, 0.3) is 0 Å². The molecule has 20 N–H and O–H groups in total. The summed E-state index contributed by atoms with van der Waals surface area (Å²) in [4.78, 5) is 10.7. The van der Waals surface area contributed by atoms with E-state index >= 15 is 0 Å². The first-order valence-corrected chi connectivity index (χ1v) is 41.6. The second-order valence-corrected chi connectivity index (χ2v) is 30.3. The van der Waals surface area contributed by atoms with Crippen LogP contribution in [0, 0.1) is 119 Å². The molecule has 0 atom stereocenters. The molecule has 0 unspecified atom stereocenters. The van der Waals surface area contributed by atoms with Gasteiger partial charge in [0.15, 0.2) is 0 Å². The van der Waals surface area contributed by atoms with Crippen LogP contribution in [0.2, 0.25) is 25.1 Å². The number of carbonyl (C=O) groups excluding carboxylic acids is 1. The van der Waals surface area contributed by atoms with Crippen LogP contribution in [-0.2, 0) is 52.4 Å². The molecule has 0 aliphatic rings. The lowest BCUT2D eigenvalue weighted by Crippen LogP contribution is -2.12. The zero-order valence-electron chi connectivity index (χ0n) is 74.3. The minimum absolute atomic E-state index is 0.178. The molecule has 13 aromatic carbocycles. The molecule has 0 fully saturated rings. The fraction of sp³-hybridized carbons (Fsp3) is 0.225. The minimum Gasteiger partial charge on any atom is -0.497 e. The summed E-state index contributed by atoms with van der Waals surface area (Å²) in [6, 6.07) is 78.1. The van der Waals surface area contributed by atoms with Crippen LogP contribution in [0.15, 0.2) is 261 Å². The van der Waals surface area contributed by atoms with Gasteiger partial charge in [-0.15, -0.1) is 0 Å². The van der Waals surface area contributed by atoms with Crippen molar-refractivity contribution in [1.29, 1.82) is 0 Å². The Hall–Kier alpha value is -10.5. The van der Waals surface area contributed by atoms with Crippen molar-refractivity contribution in [2.75, 3.05) is 20.0 Å². The third-order valence-corrected chi connectivity index (χ3v) is 19.6. The van der Waals surface area contributed by atoms with Crippen molar-refractivity contribution in [3.8, 4) is 11.5 Å². The number of primary amides is 1. The standard InChI is InChI=1S/C9H14N2.C9H13NO.C8H8ClNO.4C8H10FN.C8H11N.C8H10O.C7H6ClF.C7H8ClN.2C7H7Cl/c1-7-4-8(5-10)2-3-9(7)6-11;1-7-5-9(11-2)4-3-8(7)6-10;1-5-4-6(9)2-3-7(5)8(10)11;1-6-4-8(9)3-2-7(6)5-10;1-6-2-3-8(9)4-7(6)5-10;1-6-7(5-10)3-2-4-8(6)9;1-6-3-2-4-8(9)7(6)5-10;1-7-4-2-3-5-8(7)6-9;1-7-3-5-8(9-2)6-4-7;2*1-5-2-3-6(8)7(9)4-5;1-6-2-4-7(8)5-3-6;1-6-3-2-4-7(8)5-6/h2-4H,5-6,10-11H2,1H3;3-5H,6,10H2,1-2H3;2-4H,1H3,(H2,10,11);4*2-4H,5,10H2,1H3;2-5H,6,9H2,1H3;3-6H,1-2H3;2-4H,1H3;2-4H,9H2,1H3;2*2-5H,1H3. The summed E-state index contributed by atoms with van der Waals surface area (Å²) < 4.78 is 72.9. The number of carbonyl (C=O) groups is 1. The zero-order chi connectivity index (χ0) is 94.3. The highest BCUT2D eigenvalue weighted by atomic mass is 35.5. The maximum Gasteiger partial charge on any atom is 0.248 e. The van der Waals surface area contributed by atoms with Crippen LogP contribution < -0.4 is 66.8 Å². The highest BCUT2D eigenvalue weighted by molar-refractivity contribution is 6.33. The number of benzene rings is 13. The van der Waals surface area contributed by atoms with Gasteiger partial charge in [-0.2, -0.15) is 0 Å². The van der Waals surface area contributed by atoms with E-state index in [9.17, 15) is 26.7 Å². The van der Waals surface area contributed by atoms with Crippen molar-refractivity contribution < 1.29 is 36.2 Å². The van der Waals surface area contributed by atoms with Crippen LogP contribution in [0.1, 0.15) is 127 Å². The first-order valence-electron chi connectivity index (χ1n) is 39.7. The molecule has 13 aromatic rings. The maximum absolute atomic E-state index is 12.8. The number of ether oxygens (including phenoxy) is 2. The second kappa shape index (κ2) is 63.4. The number of amides is 1. The molecular weight excluding hydrogens is 1690 g/mol. The Morgan fingerprint density at radius 2 is 0.720 bits per heavy atom. The molecule has 13 rings (SSSR count). The lowest BCUT2D eigenvalue weighted by molar-refractivity contribution is 0.0999. The number of methoxy groups -OCH3 is 2. The Labute approximate surface area is 763 Å². The van der Waals surface area contributed by atoms with Gasteiger partial charge in [0.2, 0.25) is 5.91 Å². The fourth-order valence-corrected chi connectivity index (χ4v) is 11.3. The molecule has 13 nitrogen and oxygen atoms in total. The monoisotopic (exact) mass is 1810 g/mol. The van der Waals surface area contributed by atoms with Crippen LogP contribution in [-0.4, -0.2) is 20.1 Å². The topological polar surface area (TPSA) is 296 Å². The molecular formula is C102H124Cl5F5N10O3. The number of halogens is 10. The molecule has 1 amide bonds. The number of aryl methyl sites for hydroxylation is 12. The predicted octanol–water partition coefficient (Wildman–Crippen LogP) is 24.3. The van der Waals surface area contributed by atoms with Gasteiger partial charge in [0.05, 0.1) is 30.0 Å². The smallest absolute Gasteiger partial charge is 0.248 e. The highest BCUT2D eigenvalue weighted by Gasteiger charge is 2.06. The average molecular weight is 1810 g/mol. The van der Waals surface area contributed by atoms with Gasteiger partial charge in [-0.25, -0.2) is 22.0 Å². The third-order valence-electron chi connectivity index (χ3n) is 18.3. The highest BCUT2D eigenvalue weighted by Crippen LogP contribution is 2.22. The van der Waals surface area contributed by atoms with Gasteiger partial charge in [-0.05, 0) is 318 Å². The number of nitrogens with two attached hydrogens (primary N) is 10. The first kappa shape index (κ1) is 113. The van der Waals surface area contributed by atoms with Gasteiger partial charge in [0, 0.05) is 78.6 Å². The first-order chi connectivity index (χ1) is 59.3. The second-order valence-electron chi connectivity index (χ2n) is 28.2. The van der Waals surface area contributed by atoms with Crippen molar-refractivity contribution in [3.63, 3.8) is 0 Å². The van der Waals surface area contributed by atoms with E-state index in [1.807, 2.05) is 195 Å². The number of rotatable bonds is 11. The predicted molar refractivity (Wildman–Crippen MR) is 519 cm³/mol. The number of hydrogen-bond donors (Lipinski definition) is 10. The summed E-state index contributed by atoms with van der Waals surface area (Å²) in [5.41, 5.74) is 77.0. The molecule has 125 heavy (non-hydrogen) atoms. The van der Waals surface area contributed by atoms with Crippen LogP contribution >= 0.6 is 58.0 Å². The van der Waals surface area contributed by atoms with Crippen molar-refractivity contribution in [2.45, 2.75) is 142 Å². The summed E-state index contributed by atoms with van der Waals surface area (Å²) in [5, 5.41) is 3.04. The van der Waals surface area contributed by atoms with E-state index in [0.29, 0.717) is 78.2 Å². The third kappa shape index (κ3) is 46.9. The van der Waals surface area contributed by atoms with Gasteiger partial charge in [0.1, 0.15) is 40.6 Å². The van der Waals surface area contributed by atoms with E-state index in [0.717, 1.165) is 71.6 Å². The van der Waals surface area contributed by atoms with E-state index in [1.165, 1.54) is 98.1 Å². The number of anilines is 1. The summed E-state index contributed by atoms with van der Waals surface area (Å²) >= 11 is 28.0. The summed E-state index contributed by atoms with van der Waals surface area (Å²) in [6.07, 6.45) is 0. The van der Waals surface area contributed by atoms with E-state index < -0.39 is 5.91 Å². The van der Waals surface area contributed by atoms with Crippen LogP contribution in [0.4, 0.5) is 27.6 Å². The van der Waals surface area contributed by atoms with Gasteiger partial charge in [-0.1, -0.05) is 203 Å². The molecule has 0 bridgehead atoms. The SMILES string of the molecule is COc1ccc(C)cc1.COc1ccc(CN)c(C)c1.Cc1c(F)cccc1CN.Cc1cc(CN)ccc1CN.Cc1cc(Cl)ccc1C(N)=O.Cc1cc(F)ccc1CN.Cc1ccc(Cl)c(F)c1.Cc1ccc(Cl)c(N)c1.Cc1ccc(Cl)cc1.Cc1ccc(F)cc1CN.Cc1cccc(Cl)c1.Cc1cccc(F)c1CN.Cc1ccccc1CN. The van der Waals surface area contributed by atoms with Gasteiger partial charge < -0.3 is 66.8 Å². The van der Waals surface area contributed by atoms with Crippen LogP contribution in [0.5, 0.6) is 11.5 Å². The van der Waals surface area contributed by atoms with Gasteiger partial charge in [-0.3, -0.25) is 4.79 Å². The Morgan fingerprint density at radius 3 is 1.14 bits per heavy atom. The Morgan fingerprint density at radius 1 is 0.296 bits per heavy atom. The number of nitrogen functional groups attached to an aromatic ring is 1. The number of hydrogen-bond acceptors (Lipinski definition) is 12. The lowest BCUT2D eigenvalue weighted by Gasteiger charge is -2.04. The lowest BCUT2D eigenvalue weighted by atomic mass is 10.1. The van der Waals surface area contributed by atoms with Gasteiger partial charge >= 0.3 is 0 Å². The molecule has 0 aliphatic heterocycles.